The second-order valence-corrected chi connectivity index (χ2v) is 88.8. The number of benzene rings is 2. The fourth-order valence-corrected chi connectivity index (χ4v) is 57.4. The molecule has 0 saturated carbocycles. The van der Waals surface area contributed by atoms with E-state index in [4.69, 9.17) is 64.0 Å². The summed E-state index contributed by atoms with van der Waals surface area (Å²) >= 11 is 0. The first-order valence-corrected chi connectivity index (χ1v) is 64.1. The maximum Gasteiger partial charge on any atom is 3.00 e. The predicted octanol–water partition coefficient (Wildman–Crippen LogP) is 35.5. The monoisotopic (exact) mass is 2380 g/mol. The van der Waals surface area contributed by atoms with E-state index in [0.29, 0.717) is 60.9 Å². The minimum absolute atomic E-state index is 0. The number of nitrogens with one attached hydrogen (secondary N) is 2. The molecule has 2 aromatic carbocycles. The van der Waals surface area contributed by atoms with Crippen molar-refractivity contribution in [3.8, 4) is 0 Å². The normalized spacial score (nSPS) is 13.3. The number of carbonyl (C=O) groups excluding carboxylic acids is 8. The zero-order valence-corrected chi connectivity index (χ0v) is 115. The molecule has 0 bridgehead atoms. The summed E-state index contributed by atoms with van der Waals surface area (Å²) in [5.41, 5.74) is 32.4. The van der Waals surface area contributed by atoms with Crippen LogP contribution < -0.4 is 0 Å². The van der Waals surface area contributed by atoms with E-state index >= 15 is 0 Å². The van der Waals surface area contributed by atoms with Crippen LogP contribution in [-0.2, 0) is 138 Å². The van der Waals surface area contributed by atoms with Gasteiger partial charge >= 0.3 is 68.3 Å². The van der Waals surface area contributed by atoms with E-state index in [2.05, 4.69) is 521 Å². The van der Waals surface area contributed by atoms with Crippen LogP contribution in [0.1, 0.15) is 432 Å². The first-order valence-electron chi connectivity index (χ1n) is 50.9. The molecule has 0 radical (unpaired) electrons. The SMILES string of the molecule is C/C=C(/[NH-])C(c1cccc(C[PH+](C(C)(C)C)C(C)(C)C)n1)[PH+](C(C)(C)C)C(C)(C)C.CC(C)(C)[PH+](Cc1cccc(C(/C([NH-])=C\c2ccccc2)[PH+](C(C)(C)C)C(C)(C)C)n1)C(C)(C)C.CC(C)(C)[PH+](Cc1cccc(C(C(=[N-])Cc2ccccc2)[PH+](C(C)(C)C)C(C)(C)C)n1)C(C)(C)C.CCC(=[N-])C(c1cccc(C[PH+](C(C)(C)C)C(C)(C)C)n1)[PH+](C(C)(C)C)C(C)(C)C.[CH-]=O.[CH-]=O.[CH-]=O.[CH-]=O.[CH-]=O.[CH-]=O.[CH-]=O.[CH-]=O.[Mn+3].[Mn+3].[Mn+3].[Mn+3]. The average Bonchev–Trinajstić information content (AvgIpc) is 0.770. The van der Waals surface area contributed by atoms with Gasteiger partial charge in [-0.15, -0.1) is 17.5 Å². The average molecular weight is 2380 g/mol. The largest absolute Gasteiger partial charge is 3.00 e. The summed E-state index contributed by atoms with van der Waals surface area (Å²) < 4.78 is 0. The van der Waals surface area contributed by atoms with Crippen molar-refractivity contribution in [1.29, 1.82) is 0 Å². The van der Waals surface area contributed by atoms with Crippen molar-refractivity contribution in [2.45, 2.75) is 489 Å². The second kappa shape index (κ2) is 72.5. The molecule has 0 spiro atoms. The number of pyridine rings is 4. The first kappa shape index (κ1) is 166. The maximum absolute atomic E-state index is 11.8. The second-order valence-electron chi connectivity index (χ2n) is 54.0. The maximum atomic E-state index is 11.8. The van der Waals surface area contributed by atoms with E-state index < -0.39 is 63.4 Å². The number of allylic oxidation sites excluding steroid dienone is 3. The fraction of sp³-hybridized carbons (Fsp3) is 0.623. The van der Waals surface area contributed by atoms with Gasteiger partial charge in [-0.1, -0.05) is 104 Å². The summed E-state index contributed by atoms with van der Waals surface area (Å²) in [6, 6.07) is 46.9. The molecule has 0 aliphatic rings. The molecule has 0 amide bonds. The summed E-state index contributed by atoms with van der Waals surface area (Å²) in [4.78, 5) is 83.1. The molecule has 6 rings (SSSR count). The summed E-state index contributed by atoms with van der Waals surface area (Å²) in [6.07, 6.45) is 9.58. The van der Waals surface area contributed by atoms with Crippen molar-refractivity contribution in [2.75, 3.05) is 0 Å². The molecule has 6 aromatic rings. The Morgan fingerprint density at radius 2 is 0.440 bits per heavy atom. The van der Waals surface area contributed by atoms with Crippen molar-refractivity contribution in [3.63, 3.8) is 0 Å². The van der Waals surface area contributed by atoms with Gasteiger partial charge in [-0.25, -0.2) is 19.9 Å². The Kier molecular flexibility index (Phi) is 80.4. The Morgan fingerprint density at radius 3 is 0.627 bits per heavy atom. The minimum Gasteiger partial charge on any atom is -0.808 e. The Hall–Kier alpha value is -3.66. The van der Waals surface area contributed by atoms with Crippen molar-refractivity contribution in [3.05, 3.63) is 230 Å². The quantitative estimate of drug-likeness (QED) is 0.0180. The third-order valence-corrected chi connectivity index (χ3v) is 60.2. The standard InChI is InChI=1S/2C31H49N2P2.2C26H47N2P2.8CHO.4Mn/c2*1-28(2,3)34(29(4,5)6)22-24-19-16-20-26(33-24)27(35(30(7,8)9)31(10,11)12)25(32)21-23-17-14-13-15-18-23;2*1-14-20(27)22(30(25(8,9)10)26(11,12)13)21-17-15-16-19(28-21)18-29(23(2,3)4)24(5,6)7;8*1-2;;;;/h13-20,27H,21-22H2,1-12H3;13-21,27,32H,22H2,1-12H3;15-17,22H,14,18H2,1-13H3;14-17,22,27H,18H2,1-13H3;8*1H;;;;/q12*-1;4*+3/p+8/b;25-21+;;20-14+;;;;;;;;;;;;. The van der Waals surface area contributed by atoms with Crippen LogP contribution >= 0.6 is 63.4 Å². The molecule has 150 heavy (non-hydrogen) atoms. The first-order chi connectivity index (χ1) is 66.2. The van der Waals surface area contributed by atoms with Gasteiger partial charge in [0.15, 0.2) is 0 Å². The molecule has 0 aliphatic heterocycles. The number of hydrogen-bond donors (Lipinski definition) is 0. The van der Waals surface area contributed by atoms with Crippen LogP contribution in [-0.4, -0.2) is 168 Å². The van der Waals surface area contributed by atoms with Gasteiger partial charge < -0.3 is 60.6 Å². The summed E-state index contributed by atoms with van der Waals surface area (Å²) in [7, 11) is -7.08. The van der Waals surface area contributed by atoms with Crippen LogP contribution in [0.25, 0.3) is 28.4 Å². The molecular formula is C122H208Mn4N8O8P8+8. The Labute approximate surface area is 972 Å². The minimum atomic E-state index is -1.13. The topological polar surface area (TPSA) is 280 Å². The molecular weight excluding hydrogens is 2170 g/mol. The number of nitrogens with zero attached hydrogens (tertiary/aromatic N) is 6. The number of hydrogen-bond acceptors (Lipinski definition) is 12. The zero-order chi connectivity index (χ0) is 117. The van der Waals surface area contributed by atoms with Crippen molar-refractivity contribution in [2.24, 2.45) is 0 Å². The van der Waals surface area contributed by atoms with Gasteiger partial charge in [0, 0.05) is 63.4 Å². The van der Waals surface area contributed by atoms with Crippen molar-refractivity contribution < 1.29 is 107 Å². The third-order valence-electron chi connectivity index (χ3n) is 25.1. The van der Waals surface area contributed by atoms with Gasteiger partial charge in [0.05, 0.1) is 153 Å². The molecule has 28 heteroatoms. The van der Waals surface area contributed by atoms with Gasteiger partial charge in [0.25, 0.3) is 0 Å². The zero-order valence-electron chi connectivity index (χ0n) is 102. The molecule has 4 atom stereocenters. The van der Waals surface area contributed by atoms with E-state index in [9.17, 15) is 16.6 Å². The molecule has 0 fully saturated rings. The van der Waals surface area contributed by atoms with Crippen molar-refractivity contribution >= 4 is 135 Å². The fourth-order valence-electron chi connectivity index (χ4n) is 22.3. The molecule has 4 heterocycles. The van der Waals surface area contributed by atoms with Gasteiger partial charge in [-0.05, 0) is 405 Å². The van der Waals surface area contributed by atoms with Crippen LogP contribution in [0.15, 0.2) is 151 Å². The Bertz CT molecular complexity index is 4640. The third kappa shape index (κ3) is 58.9. The number of aromatic nitrogens is 4. The van der Waals surface area contributed by atoms with Crippen molar-refractivity contribution in [1.82, 2.24) is 19.9 Å². The Balaban J connectivity index is -0.000000207. The van der Waals surface area contributed by atoms with E-state index in [1.54, 1.807) is 0 Å². The molecule has 2 N–H and O–H groups in total. The summed E-state index contributed by atoms with van der Waals surface area (Å²) in [6.45, 7) is 144. The van der Waals surface area contributed by atoms with Crippen LogP contribution in [0.4, 0.5) is 0 Å². The summed E-state index contributed by atoms with van der Waals surface area (Å²) in [5, 5.41) is 26.3. The molecule has 844 valence electrons. The van der Waals surface area contributed by atoms with Gasteiger partial charge in [0.1, 0.15) is 22.6 Å². The van der Waals surface area contributed by atoms with Gasteiger partial charge in [-0.2, -0.15) is 11.4 Å². The van der Waals surface area contributed by atoms with Gasteiger partial charge in [-0.3, -0.25) is 54.3 Å². The van der Waals surface area contributed by atoms with Crippen LogP contribution in [0.2, 0.25) is 0 Å². The molecule has 4 unspecified atom stereocenters. The molecule has 0 saturated heterocycles. The van der Waals surface area contributed by atoms with E-state index in [-0.39, 0.29) is 142 Å². The van der Waals surface area contributed by atoms with Crippen LogP contribution in [0, 0.1) is 0 Å². The van der Waals surface area contributed by atoms with E-state index in [1.165, 1.54) is 22.8 Å². The van der Waals surface area contributed by atoms with Crippen LogP contribution in [0.5, 0.6) is 0 Å². The predicted molar refractivity (Wildman–Crippen MR) is 673 cm³/mol. The molecule has 4 aromatic heterocycles. The number of rotatable bonds is 24. The molecule has 0 aliphatic carbocycles. The smallest absolute Gasteiger partial charge is 0.808 e. The van der Waals surface area contributed by atoms with E-state index in [1.807, 2.05) is 25.1 Å². The molecule has 16 nitrogen and oxygen atoms in total. The van der Waals surface area contributed by atoms with E-state index in [0.717, 1.165) is 64.2 Å². The summed E-state index contributed by atoms with van der Waals surface area (Å²) in [5.74, 6) is 0. The van der Waals surface area contributed by atoms with Gasteiger partial charge in [0.2, 0.25) is 0 Å². The Morgan fingerprint density at radius 1 is 0.260 bits per heavy atom. The van der Waals surface area contributed by atoms with Crippen LogP contribution in [0.3, 0.4) is 0 Å².